The predicted molar refractivity (Wildman–Crippen MR) is 101 cm³/mol. The molecule has 0 saturated carbocycles. The average Bonchev–Trinajstić information content (AvgIpc) is 2.70. The lowest BCUT2D eigenvalue weighted by Gasteiger charge is -2.35. The molecule has 1 aliphatic rings. The van der Waals surface area contributed by atoms with Gasteiger partial charge >= 0.3 is 0 Å². The summed E-state index contributed by atoms with van der Waals surface area (Å²) in [6, 6.07) is 11.9. The maximum absolute atomic E-state index is 10.4. The van der Waals surface area contributed by atoms with Gasteiger partial charge in [-0.15, -0.1) is 0 Å². The second-order valence-corrected chi connectivity index (χ2v) is 6.89. The van der Waals surface area contributed by atoms with Crippen LogP contribution in [-0.2, 0) is 0 Å². The maximum atomic E-state index is 10.4. The number of hydrogen-bond acceptors (Lipinski definition) is 6. The van der Waals surface area contributed by atoms with Crippen LogP contribution in [0.5, 0.6) is 0 Å². The number of likely N-dealkylation sites (tertiary alicyclic amines) is 1. The standard InChI is InChI=1S/C20H25N5O/c1-24(20-18(13-21)22-9-10-23-20)14-16-7-11-25(12-8-16)15-19(26)17-5-3-2-4-6-17/h2-6,9-10,16,19,26H,7-8,11-12,14-15H2,1H3. The minimum atomic E-state index is -0.437. The van der Waals surface area contributed by atoms with Crippen LogP contribution in [0.1, 0.15) is 30.2 Å². The van der Waals surface area contributed by atoms with Crippen molar-refractivity contribution in [3.05, 3.63) is 54.0 Å². The zero-order valence-corrected chi connectivity index (χ0v) is 15.1. The van der Waals surface area contributed by atoms with E-state index in [-0.39, 0.29) is 0 Å². The smallest absolute Gasteiger partial charge is 0.183 e. The van der Waals surface area contributed by atoms with Crippen molar-refractivity contribution in [1.29, 1.82) is 5.26 Å². The quantitative estimate of drug-likeness (QED) is 0.860. The molecule has 136 valence electrons. The van der Waals surface area contributed by atoms with Crippen LogP contribution in [0.25, 0.3) is 0 Å². The fourth-order valence-corrected chi connectivity index (χ4v) is 3.54. The lowest BCUT2D eigenvalue weighted by Crippen LogP contribution is -2.40. The number of piperidine rings is 1. The number of aromatic nitrogens is 2. The van der Waals surface area contributed by atoms with Crippen molar-refractivity contribution >= 4 is 5.82 Å². The van der Waals surface area contributed by atoms with Crippen LogP contribution in [0, 0.1) is 17.2 Å². The lowest BCUT2D eigenvalue weighted by atomic mass is 9.95. The van der Waals surface area contributed by atoms with Crippen molar-refractivity contribution in [2.24, 2.45) is 5.92 Å². The molecular weight excluding hydrogens is 326 g/mol. The van der Waals surface area contributed by atoms with E-state index in [9.17, 15) is 10.4 Å². The monoisotopic (exact) mass is 351 g/mol. The van der Waals surface area contributed by atoms with Gasteiger partial charge in [-0.1, -0.05) is 30.3 Å². The zero-order chi connectivity index (χ0) is 18.4. The fraction of sp³-hybridized carbons (Fsp3) is 0.450. The summed E-state index contributed by atoms with van der Waals surface area (Å²) >= 11 is 0. The topological polar surface area (TPSA) is 76.3 Å². The molecule has 2 heterocycles. The van der Waals surface area contributed by atoms with Gasteiger partial charge in [0.05, 0.1) is 6.10 Å². The van der Waals surface area contributed by atoms with Crippen molar-refractivity contribution in [2.45, 2.75) is 18.9 Å². The van der Waals surface area contributed by atoms with Crippen LogP contribution in [0.2, 0.25) is 0 Å². The third kappa shape index (κ3) is 4.57. The molecule has 1 fully saturated rings. The Morgan fingerprint density at radius 1 is 1.23 bits per heavy atom. The van der Waals surface area contributed by atoms with E-state index in [1.807, 2.05) is 42.3 Å². The van der Waals surface area contributed by atoms with Gasteiger partial charge < -0.3 is 14.9 Å². The maximum Gasteiger partial charge on any atom is 0.183 e. The van der Waals surface area contributed by atoms with Gasteiger partial charge in [0, 0.05) is 32.5 Å². The predicted octanol–water partition coefficient (Wildman–Crippen LogP) is 2.23. The van der Waals surface area contributed by atoms with E-state index in [1.165, 1.54) is 0 Å². The summed E-state index contributed by atoms with van der Waals surface area (Å²) in [5.41, 5.74) is 1.35. The van der Waals surface area contributed by atoms with E-state index < -0.39 is 6.10 Å². The van der Waals surface area contributed by atoms with Crippen molar-refractivity contribution in [1.82, 2.24) is 14.9 Å². The molecule has 0 aliphatic carbocycles. The molecule has 1 saturated heterocycles. The third-order valence-electron chi connectivity index (χ3n) is 5.00. The Morgan fingerprint density at radius 3 is 2.62 bits per heavy atom. The summed E-state index contributed by atoms with van der Waals surface area (Å²) in [5, 5.41) is 19.6. The molecule has 1 N–H and O–H groups in total. The van der Waals surface area contributed by atoms with Gasteiger partial charge in [-0.25, -0.2) is 9.97 Å². The molecule has 1 aliphatic heterocycles. The number of nitriles is 1. The van der Waals surface area contributed by atoms with Crippen LogP contribution in [-0.4, -0.2) is 53.2 Å². The second kappa shape index (κ2) is 8.75. The lowest BCUT2D eigenvalue weighted by molar-refractivity contribution is 0.0902. The zero-order valence-electron chi connectivity index (χ0n) is 15.1. The van der Waals surface area contributed by atoms with Gasteiger partial charge in [0.15, 0.2) is 11.5 Å². The first-order chi connectivity index (χ1) is 12.7. The van der Waals surface area contributed by atoms with Crippen molar-refractivity contribution in [2.75, 3.05) is 38.1 Å². The minimum Gasteiger partial charge on any atom is -0.387 e. The summed E-state index contributed by atoms with van der Waals surface area (Å²) in [6.45, 7) is 3.50. The van der Waals surface area contributed by atoms with Crippen LogP contribution in [0.3, 0.4) is 0 Å². The Balaban J connectivity index is 1.49. The highest BCUT2D eigenvalue weighted by atomic mass is 16.3. The number of hydrogen-bond donors (Lipinski definition) is 1. The number of benzene rings is 1. The Hall–Kier alpha value is -2.49. The molecule has 1 unspecified atom stereocenters. The van der Waals surface area contributed by atoms with E-state index in [0.29, 0.717) is 24.0 Å². The van der Waals surface area contributed by atoms with Gasteiger partial charge in [-0.3, -0.25) is 0 Å². The Morgan fingerprint density at radius 2 is 1.92 bits per heavy atom. The van der Waals surface area contributed by atoms with E-state index in [2.05, 4.69) is 20.9 Å². The first-order valence-corrected chi connectivity index (χ1v) is 9.05. The van der Waals surface area contributed by atoms with Gasteiger partial charge in [0.2, 0.25) is 0 Å². The molecule has 0 amide bonds. The summed E-state index contributed by atoms with van der Waals surface area (Å²) in [7, 11) is 1.97. The third-order valence-corrected chi connectivity index (χ3v) is 5.00. The molecule has 3 rings (SSSR count). The van der Waals surface area contributed by atoms with Gasteiger partial charge in [0.1, 0.15) is 6.07 Å². The van der Waals surface area contributed by atoms with Crippen molar-refractivity contribution in [3.8, 4) is 6.07 Å². The van der Waals surface area contributed by atoms with Crippen LogP contribution >= 0.6 is 0 Å². The molecule has 0 radical (unpaired) electrons. The van der Waals surface area contributed by atoms with Crippen LogP contribution in [0.4, 0.5) is 5.82 Å². The van der Waals surface area contributed by atoms with Crippen LogP contribution < -0.4 is 4.90 Å². The second-order valence-electron chi connectivity index (χ2n) is 6.89. The van der Waals surface area contributed by atoms with Gasteiger partial charge in [-0.2, -0.15) is 5.26 Å². The highest BCUT2D eigenvalue weighted by Gasteiger charge is 2.23. The van der Waals surface area contributed by atoms with E-state index in [1.54, 1.807) is 12.4 Å². The summed E-state index contributed by atoms with van der Waals surface area (Å²) < 4.78 is 0. The highest BCUT2D eigenvalue weighted by molar-refractivity contribution is 5.48. The van der Waals surface area contributed by atoms with E-state index in [4.69, 9.17) is 0 Å². The molecule has 6 nitrogen and oxygen atoms in total. The Bertz CT molecular complexity index is 737. The summed E-state index contributed by atoms with van der Waals surface area (Å²) in [5.74, 6) is 1.20. The minimum absolute atomic E-state index is 0.374. The number of aliphatic hydroxyl groups is 1. The molecule has 1 atom stereocenters. The largest absolute Gasteiger partial charge is 0.387 e. The molecule has 1 aromatic heterocycles. The number of aliphatic hydroxyl groups excluding tert-OH is 1. The Labute approximate surface area is 154 Å². The van der Waals surface area contributed by atoms with E-state index >= 15 is 0 Å². The SMILES string of the molecule is CN(CC1CCN(CC(O)c2ccccc2)CC1)c1nccnc1C#N. The molecule has 2 aromatic rings. The molecule has 0 bridgehead atoms. The number of β-amino-alcohol motifs (C(OH)–C–C–N with tert-alkyl or cyclic N) is 1. The Kier molecular flexibility index (Phi) is 6.16. The number of rotatable bonds is 6. The molecular formula is C20H25N5O. The van der Waals surface area contributed by atoms with Gasteiger partial charge in [0.25, 0.3) is 0 Å². The number of nitrogens with zero attached hydrogens (tertiary/aromatic N) is 5. The van der Waals surface area contributed by atoms with Crippen molar-refractivity contribution < 1.29 is 5.11 Å². The van der Waals surface area contributed by atoms with Crippen LogP contribution in [0.15, 0.2) is 42.7 Å². The molecule has 26 heavy (non-hydrogen) atoms. The summed E-state index contributed by atoms with van der Waals surface area (Å²) in [4.78, 5) is 12.7. The number of anilines is 1. The van der Waals surface area contributed by atoms with Crippen molar-refractivity contribution in [3.63, 3.8) is 0 Å². The van der Waals surface area contributed by atoms with Gasteiger partial charge in [-0.05, 0) is 37.4 Å². The summed E-state index contributed by atoms with van der Waals surface area (Å²) in [6.07, 6.45) is 4.89. The average molecular weight is 351 g/mol. The fourth-order valence-electron chi connectivity index (χ4n) is 3.54. The first-order valence-electron chi connectivity index (χ1n) is 9.05. The van der Waals surface area contributed by atoms with E-state index in [0.717, 1.165) is 38.0 Å². The molecule has 0 spiro atoms. The first kappa shape index (κ1) is 18.3. The molecule has 6 heteroatoms. The normalized spacial score (nSPS) is 16.8. The molecule has 1 aromatic carbocycles. The highest BCUT2D eigenvalue weighted by Crippen LogP contribution is 2.23.